The molecule has 2 aliphatic heterocycles. The number of anilines is 1. The normalized spacial score (nSPS) is 24.7. The van der Waals surface area contributed by atoms with E-state index in [4.69, 9.17) is 0 Å². The average Bonchev–Trinajstić information content (AvgIpc) is 2.85. The first-order valence-corrected chi connectivity index (χ1v) is 6.34. The van der Waals surface area contributed by atoms with Gasteiger partial charge in [0.15, 0.2) is 0 Å². The summed E-state index contributed by atoms with van der Waals surface area (Å²) < 4.78 is 0. The van der Waals surface area contributed by atoms with Crippen LogP contribution in [0.25, 0.3) is 0 Å². The number of aliphatic carboxylic acids is 1. The zero-order valence-corrected chi connectivity index (χ0v) is 10.3. The number of carboxylic acid groups (broad SMARTS) is 1. The number of hydrogen-bond acceptors (Lipinski definition) is 4. The van der Waals surface area contributed by atoms with Crippen LogP contribution in [-0.4, -0.2) is 28.6 Å². The van der Waals surface area contributed by atoms with Crippen molar-refractivity contribution in [1.29, 1.82) is 0 Å². The van der Waals surface area contributed by atoms with Crippen molar-refractivity contribution in [2.45, 2.75) is 25.3 Å². The highest BCUT2D eigenvalue weighted by Gasteiger charge is 2.41. The van der Waals surface area contributed by atoms with Gasteiger partial charge in [0.2, 0.25) is 0 Å². The third kappa shape index (κ3) is 1.83. The summed E-state index contributed by atoms with van der Waals surface area (Å²) in [6.45, 7) is 0.833. The second-order valence-corrected chi connectivity index (χ2v) is 5.12. The van der Waals surface area contributed by atoms with Gasteiger partial charge in [-0.2, -0.15) is 0 Å². The highest BCUT2D eigenvalue weighted by atomic mass is 16.6. The van der Waals surface area contributed by atoms with E-state index in [1.54, 1.807) is 6.07 Å². The molecule has 0 unspecified atom stereocenters. The summed E-state index contributed by atoms with van der Waals surface area (Å²) in [6.07, 6.45) is 2.24. The van der Waals surface area contributed by atoms with E-state index < -0.39 is 16.8 Å². The van der Waals surface area contributed by atoms with Crippen LogP contribution in [0.2, 0.25) is 0 Å². The van der Waals surface area contributed by atoms with E-state index in [9.17, 15) is 20.0 Å². The third-order valence-corrected chi connectivity index (χ3v) is 4.10. The van der Waals surface area contributed by atoms with Crippen LogP contribution in [0.3, 0.4) is 0 Å². The van der Waals surface area contributed by atoms with Crippen LogP contribution in [-0.2, 0) is 11.2 Å². The molecule has 1 saturated heterocycles. The number of carboxylic acids is 1. The summed E-state index contributed by atoms with van der Waals surface area (Å²) >= 11 is 0. The second-order valence-electron chi connectivity index (χ2n) is 5.12. The number of fused-ring (bicyclic) bond motifs is 3. The second kappa shape index (κ2) is 4.22. The molecule has 1 N–H and O–H groups in total. The van der Waals surface area contributed by atoms with Gasteiger partial charge in [-0.1, -0.05) is 0 Å². The van der Waals surface area contributed by atoms with E-state index >= 15 is 0 Å². The predicted molar refractivity (Wildman–Crippen MR) is 68.3 cm³/mol. The first-order chi connectivity index (χ1) is 9.08. The maximum absolute atomic E-state index is 11.4. The Morgan fingerprint density at radius 2 is 2.26 bits per heavy atom. The number of benzene rings is 1. The Morgan fingerprint density at radius 1 is 1.47 bits per heavy atom. The molecular formula is C13H14N2O4. The van der Waals surface area contributed by atoms with Crippen LogP contribution in [0, 0.1) is 16.0 Å². The van der Waals surface area contributed by atoms with Crippen molar-refractivity contribution in [1.82, 2.24) is 0 Å². The molecule has 0 aliphatic carbocycles. The van der Waals surface area contributed by atoms with E-state index in [1.807, 2.05) is 0 Å². The van der Waals surface area contributed by atoms with Crippen molar-refractivity contribution >= 4 is 17.3 Å². The molecule has 3 rings (SSSR count). The summed E-state index contributed by atoms with van der Waals surface area (Å²) in [5.74, 6) is -1.27. The Kier molecular flexibility index (Phi) is 2.66. The van der Waals surface area contributed by atoms with E-state index in [-0.39, 0.29) is 11.7 Å². The van der Waals surface area contributed by atoms with Gasteiger partial charge in [0.25, 0.3) is 5.69 Å². The molecule has 2 atom stereocenters. The van der Waals surface area contributed by atoms with Crippen LogP contribution >= 0.6 is 0 Å². The lowest BCUT2D eigenvalue weighted by atomic mass is 9.85. The fraction of sp³-hybridized carbons (Fsp3) is 0.462. The minimum atomic E-state index is -0.811. The number of carbonyl (C=O) groups is 1. The van der Waals surface area contributed by atoms with Crippen molar-refractivity contribution in [3.05, 3.63) is 33.9 Å². The van der Waals surface area contributed by atoms with Crippen molar-refractivity contribution in [2.75, 3.05) is 11.4 Å². The van der Waals surface area contributed by atoms with Crippen molar-refractivity contribution in [3.63, 3.8) is 0 Å². The molecule has 0 amide bonds. The Hall–Kier alpha value is -2.11. The van der Waals surface area contributed by atoms with Gasteiger partial charge in [-0.05, 0) is 30.9 Å². The number of nitro benzene ring substituents is 1. The third-order valence-electron chi connectivity index (χ3n) is 4.10. The Morgan fingerprint density at radius 3 is 2.95 bits per heavy atom. The lowest BCUT2D eigenvalue weighted by Gasteiger charge is -2.37. The molecule has 0 spiro atoms. The molecule has 19 heavy (non-hydrogen) atoms. The van der Waals surface area contributed by atoms with Crippen molar-refractivity contribution in [2.24, 2.45) is 5.92 Å². The number of non-ortho nitro benzene ring substituents is 1. The summed E-state index contributed by atoms with van der Waals surface area (Å²) in [4.78, 5) is 23.8. The van der Waals surface area contributed by atoms with Gasteiger partial charge in [-0.15, -0.1) is 0 Å². The van der Waals surface area contributed by atoms with E-state index in [2.05, 4.69) is 4.90 Å². The molecule has 1 aromatic carbocycles. The van der Waals surface area contributed by atoms with Gasteiger partial charge in [0, 0.05) is 30.4 Å². The first kappa shape index (κ1) is 12.0. The first-order valence-electron chi connectivity index (χ1n) is 6.34. The Balaban J connectivity index is 2.05. The molecule has 1 aromatic rings. The number of nitro groups is 1. The van der Waals surface area contributed by atoms with Crippen LogP contribution in [0.5, 0.6) is 0 Å². The summed E-state index contributed by atoms with van der Waals surface area (Å²) in [5, 5.41) is 20.1. The molecule has 1 fully saturated rings. The van der Waals surface area contributed by atoms with Crippen LogP contribution in [0.1, 0.15) is 18.4 Å². The molecule has 100 valence electrons. The van der Waals surface area contributed by atoms with Crippen LogP contribution < -0.4 is 4.90 Å². The number of nitrogens with zero attached hydrogens (tertiary/aromatic N) is 2. The van der Waals surface area contributed by atoms with E-state index in [1.165, 1.54) is 12.1 Å². The molecule has 0 aromatic heterocycles. The molecule has 2 aliphatic rings. The highest BCUT2D eigenvalue weighted by Crippen LogP contribution is 2.40. The van der Waals surface area contributed by atoms with Crippen LogP contribution in [0.15, 0.2) is 18.2 Å². The SMILES string of the molecule is O=C(O)[C@@H]1Cc2cc([N+](=O)[O-])ccc2N2CCC[C@H]12. The Bertz CT molecular complexity index is 558. The topological polar surface area (TPSA) is 83.7 Å². The maximum Gasteiger partial charge on any atom is 0.308 e. The zero-order chi connectivity index (χ0) is 13.6. The number of rotatable bonds is 2. The molecular weight excluding hydrogens is 248 g/mol. The fourth-order valence-electron chi connectivity index (χ4n) is 3.26. The lowest BCUT2D eigenvalue weighted by molar-refractivity contribution is -0.384. The van der Waals surface area contributed by atoms with Gasteiger partial charge >= 0.3 is 5.97 Å². The smallest absolute Gasteiger partial charge is 0.308 e. The van der Waals surface area contributed by atoms with Gasteiger partial charge < -0.3 is 10.0 Å². The van der Waals surface area contributed by atoms with Gasteiger partial charge in [-0.25, -0.2) is 0 Å². The van der Waals surface area contributed by atoms with Gasteiger partial charge in [-0.3, -0.25) is 14.9 Å². The highest BCUT2D eigenvalue weighted by molar-refractivity contribution is 5.75. The number of hydrogen-bond donors (Lipinski definition) is 1. The van der Waals surface area contributed by atoms with Gasteiger partial charge in [0.05, 0.1) is 10.8 Å². The predicted octanol–water partition coefficient (Wildman–Crippen LogP) is 1.82. The molecule has 6 heteroatoms. The monoisotopic (exact) mass is 262 g/mol. The summed E-state index contributed by atoms with van der Waals surface area (Å²) in [6, 6.07) is 4.80. The Labute approximate surface area is 109 Å². The largest absolute Gasteiger partial charge is 0.481 e. The van der Waals surface area contributed by atoms with Crippen molar-refractivity contribution < 1.29 is 14.8 Å². The van der Waals surface area contributed by atoms with Crippen molar-refractivity contribution in [3.8, 4) is 0 Å². The maximum atomic E-state index is 11.4. The molecule has 0 saturated carbocycles. The average molecular weight is 262 g/mol. The van der Waals surface area contributed by atoms with Gasteiger partial charge in [0.1, 0.15) is 0 Å². The zero-order valence-electron chi connectivity index (χ0n) is 10.3. The van der Waals surface area contributed by atoms with Crippen LogP contribution in [0.4, 0.5) is 11.4 Å². The molecule has 6 nitrogen and oxygen atoms in total. The quantitative estimate of drug-likeness (QED) is 0.649. The van der Waals surface area contributed by atoms with E-state index in [0.29, 0.717) is 6.42 Å². The summed E-state index contributed by atoms with van der Waals surface area (Å²) in [7, 11) is 0. The molecule has 0 bridgehead atoms. The lowest BCUT2D eigenvalue weighted by Crippen LogP contribution is -2.44. The minimum Gasteiger partial charge on any atom is -0.481 e. The fourth-order valence-corrected chi connectivity index (χ4v) is 3.26. The standard InChI is InChI=1S/C13H14N2O4/c16-13(17)10-7-8-6-9(15(18)19)3-4-11(8)14-5-1-2-12(10)14/h3-4,6,10,12H,1-2,5,7H2,(H,16,17)/t10-,12-/m1/s1. The summed E-state index contributed by atoms with van der Waals surface area (Å²) in [5.41, 5.74) is 1.77. The minimum absolute atomic E-state index is 0.0283. The molecule has 2 heterocycles. The molecule has 0 radical (unpaired) electrons. The van der Waals surface area contributed by atoms with E-state index in [0.717, 1.165) is 30.6 Å².